The smallest absolute Gasteiger partial charge is 0.259 e. The molecule has 7 heteroatoms. The van der Waals surface area contributed by atoms with Gasteiger partial charge in [-0.3, -0.25) is 9.59 Å². The van der Waals surface area contributed by atoms with Crippen molar-refractivity contribution in [3.8, 4) is 5.69 Å². The number of ether oxygens (including phenoxy) is 1. The Bertz CT molecular complexity index is 1070. The molecule has 1 aliphatic rings. The summed E-state index contributed by atoms with van der Waals surface area (Å²) in [4.78, 5) is 28.1. The van der Waals surface area contributed by atoms with Crippen LogP contribution in [0.4, 0.5) is 5.82 Å². The molecule has 0 radical (unpaired) electrons. The molecule has 0 spiro atoms. The van der Waals surface area contributed by atoms with Crippen molar-refractivity contribution in [2.75, 3.05) is 18.4 Å². The van der Waals surface area contributed by atoms with Crippen molar-refractivity contribution >= 4 is 17.6 Å². The maximum atomic E-state index is 13.4. The Morgan fingerprint density at radius 3 is 2.29 bits per heavy atom. The van der Waals surface area contributed by atoms with Gasteiger partial charge in [0.05, 0.1) is 24.1 Å². The average molecular weight is 418 g/mol. The van der Waals surface area contributed by atoms with Gasteiger partial charge in [0.15, 0.2) is 0 Å². The van der Waals surface area contributed by atoms with Crippen molar-refractivity contribution in [2.24, 2.45) is 0 Å². The van der Waals surface area contributed by atoms with E-state index >= 15 is 0 Å². The summed E-state index contributed by atoms with van der Waals surface area (Å²) in [5.74, 6) is -0.118. The highest BCUT2D eigenvalue weighted by Gasteiger charge is 2.30. The second kappa shape index (κ2) is 8.73. The molecule has 2 atom stereocenters. The van der Waals surface area contributed by atoms with Crippen molar-refractivity contribution in [3.05, 3.63) is 77.5 Å². The first-order valence-electron chi connectivity index (χ1n) is 10.4. The fourth-order valence-electron chi connectivity index (χ4n) is 3.79. The molecule has 2 unspecified atom stereocenters. The molecular formula is C24H26N4O3. The fraction of sp³-hybridized carbons (Fsp3) is 0.292. The van der Waals surface area contributed by atoms with E-state index in [1.165, 1.54) is 6.20 Å². The molecule has 1 saturated heterocycles. The number of carbonyl (C=O) groups excluding carboxylic acids is 2. The second-order valence-electron chi connectivity index (χ2n) is 7.94. The Morgan fingerprint density at radius 1 is 1.00 bits per heavy atom. The molecule has 0 saturated carbocycles. The van der Waals surface area contributed by atoms with E-state index in [4.69, 9.17) is 4.74 Å². The molecule has 2 heterocycles. The van der Waals surface area contributed by atoms with Crippen molar-refractivity contribution < 1.29 is 14.3 Å². The average Bonchev–Trinajstić information content (AvgIpc) is 3.17. The van der Waals surface area contributed by atoms with Crippen LogP contribution in [0.1, 0.15) is 40.1 Å². The number of nitrogens with zero attached hydrogens (tertiary/aromatic N) is 3. The van der Waals surface area contributed by atoms with Crippen LogP contribution in [0.2, 0.25) is 0 Å². The number of rotatable bonds is 4. The fourth-order valence-corrected chi connectivity index (χ4v) is 3.79. The van der Waals surface area contributed by atoms with Gasteiger partial charge in [-0.25, -0.2) is 4.68 Å². The number of nitrogens with one attached hydrogen (secondary N) is 1. The highest BCUT2D eigenvalue weighted by Crippen LogP contribution is 2.24. The molecule has 2 amide bonds. The Kier molecular flexibility index (Phi) is 5.86. The lowest BCUT2D eigenvalue weighted by Crippen LogP contribution is -2.48. The maximum absolute atomic E-state index is 13.4. The number of amides is 2. The van der Waals surface area contributed by atoms with Gasteiger partial charge in [-0.05, 0) is 45.0 Å². The van der Waals surface area contributed by atoms with E-state index in [1.54, 1.807) is 21.7 Å². The minimum absolute atomic E-state index is 0.0533. The second-order valence-corrected chi connectivity index (χ2v) is 7.94. The molecule has 1 N–H and O–H groups in total. The molecule has 4 rings (SSSR count). The van der Waals surface area contributed by atoms with Crippen LogP contribution in [0, 0.1) is 6.92 Å². The first kappa shape index (κ1) is 20.8. The van der Waals surface area contributed by atoms with Crippen LogP contribution < -0.4 is 5.32 Å². The van der Waals surface area contributed by atoms with E-state index in [9.17, 15) is 9.59 Å². The van der Waals surface area contributed by atoms with Gasteiger partial charge in [-0.15, -0.1) is 0 Å². The molecule has 0 bridgehead atoms. The molecule has 160 valence electrons. The van der Waals surface area contributed by atoms with E-state index in [0.29, 0.717) is 30.0 Å². The van der Waals surface area contributed by atoms with Crippen molar-refractivity contribution in [1.29, 1.82) is 0 Å². The lowest BCUT2D eigenvalue weighted by Gasteiger charge is -2.35. The molecular weight excluding hydrogens is 392 g/mol. The first-order valence-corrected chi connectivity index (χ1v) is 10.4. The Labute approximate surface area is 181 Å². The third-order valence-electron chi connectivity index (χ3n) is 5.25. The summed E-state index contributed by atoms with van der Waals surface area (Å²) in [7, 11) is 0. The van der Waals surface area contributed by atoms with Crippen LogP contribution in [-0.4, -0.2) is 51.8 Å². The normalized spacial score (nSPS) is 18.6. The van der Waals surface area contributed by atoms with Crippen LogP contribution in [0.3, 0.4) is 0 Å². The van der Waals surface area contributed by atoms with Gasteiger partial charge in [0, 0.05) is 18.7 Å². The van der Waals surface area contributed by atoms with Crippen LogP contribution in [0.25, 0.3) is 5.69 Å². The predicted molar refractivity (Wildman–Crippen MR) is 119 cm³/mol. The van der Waals surface area contributed by atoms with Gasteiger partial charge in [-0.2, -0.15) is 5.10 Å². The van der Waals surface area contributed by atoms with Gasteiger partial charge >= 0.3 is 0 Å². The monoisotopic (exact) mass is 418 g/mol. The molecule has 7 nitrogen and oxygen atoms in total. The number of aromatic nitrogens is 2. The Balaban J connectivity index is 1.70. The largest absolute Gasteiger partial charge is 0.372 e. The summed E-state index contributed by atoms with van der Waals surface area (Å²) >= 11 is 0. The van der Waals surface area contributed by atoms with E-state index in [-0.39, 0.29) is 24.0 Å². The predicted octanol–water partition coefficient (Wildman–Crippen LogP) is 3.68. The number of carbonyl (C=O) groups is 2. The highest BCUT2D eigenvalue weighted by molar-refractivity contribution is 6.08. The molecule has 0 aliphatic carbocycles. The summed E-state index contributed by atoms with van der Waals surface area (Å²) in [5.41, 5.74) is 2.69. The van der Waals surface area contributed by atoms with Gasteiger partial charge in [-0.1, -0.05) is 35.9 Å². The summed E-state index contributed by atoms with van der Waals surface area (Å²) in [6.45, 7) is 6.84. The lowest BCUT2D eigenvalue weighted by molar-refractivity contribution is -0.0585. The van der Waals surface area contributed by atoms with Crippen molar-refractivity contribution in [3.63, 3.8) is 0 Å². The summed E-state index contributed by atoms with van der Waals surface area (Å²) in [6.07, 6.45) is 1.41. The van der Waals surface area contributed by atoms with E-state index in [2.05, 4.69) is 10.4 Å². The van der Waals surface area contributed by atoms with E-state index in [0.717, 1.165) is 11.3 Å². The molecule has 2 aromatic carbocycles. The van der Waals surface area contributed by atoms with Gasteiger partial charge < -0.3 is 15.0 Å². The Hall–Kier alpha value is -3.45. The number of benzene rings is 2. The molecule has 1 aromatic heterocycles. The number of morpholine rings is 1. The van der Waals surface area contributed by atoms with Gasteiger partial charge in [0.25, 0.3) is 11.8 Å². The maximum Gasteiger partial charge on any atom is 0.259 e. The number of hydrogen-bond acceptors (Lipinski definition) is 4. The topological polar surface area (TPSA) is 76.5 Å². The first-order chi connectivity index (χ1) is 14.9. The molecule has 3 aromatic rings. The number of anilines is 1. The zero-order chi connectivity index (χ0) is 22.0. The minimum Gasteiger partial charge on any atom is -0.372 e. The van der Waals surface area contributed by atoms with Gasteiger partial charge in [0.2, 0.25) is 0 Å². The van der Waals surface area contributed by atoms with E-state index in [1.807, 2.05) is 63.2 Å². The lowest BCUT2D eigenvalue weighted by atomic mass is 10.1. The van der Waals surface area contributed by atoms with Gasteiger partial charge in [0.1, 0.15) is 11.4 Å². The van der Waals surface area contributed by atoms with Crippen LogP contribution >= 0.6 is 0 Å². The third kappa shape index (κ3) is 4.51. The van der Waals surface area contributed by atoms with Crippen LogP contribution in [0.15, 0.2) is 60.8 Å². The summed E-state index contributed by atoms with van der Waals surface area (Å²) in [6, 6.07) is 16.7. The zero-order valence-corrected chi connectivity index (χ0v) is 17.9. The number of para-hydroxylation sites is 1. The van der Waals surface area contributed by atoms with Crippen LogP contribution in [0.5, 0.6) is 0 Å². The van der Waals surface area contributed by atoms with Crippen molar-refractivity contribution in [1.82, 2.24) is 14.7 Å². The van der Waals surface area contributed by atoms with E-state index < -0.39 is 0 Å². The molecule has 1 aliphatic heterocycles. The zero-order valence-electron chi connectivity index (χ0n) is 17.9. The summed E-state index contributed by atoms with van der Waals surface area (Å²) in [5, 5.41) is 7.34. The Morgan fingerprint density at radius 2 is 1.65 bits per heavy atom. The number of aryl methyl sites for hydroxylation is 1. The third-order valence-corrected chi connectivity index (χ3v) is 5.25. The standard InChI is InChI=1S/C24H26N4O3/c1-16-9-11-19(12-10-16)23(29)26-22-21(13-25-28(22)20-7-5-4-6-8-20)24(30)27-14-17(2)31-18(3)15-27/h4-13,17-18H,14-15H2,1-3H3,(H,26,29). The molecule has 1 fully saturated rings. The SMILES string of the molecule is Cc1ccc(C(=O)Nc2c(C(=O)N3CC(C)OC(C)C3)cnn2-c2ccccc2)cc1. The van der Waals surface area contributed by atoms with Crippen LogP contribution in [-0.2, 0) is 4.74 Å². The molecule has 31 heavy (non-hydrogen) atoms. The highest BCUT2D eigenvalue weighted by atomic mass is 16.5. The number of hydrogen-bond donors (Lipinski definition) is 1. The van der Waals surface area contributed by atoms with Crippen molar-refractivity contribution in [2.45, 2.75) is 33.0 Å². The quantitative estimate of drug-likeness (QED) is 0.701. The summed E-state index contributed by atoms with van der Waals surface area (Å²) < 4.78 is 7.34. The minimum atomic E-state index is -0.296.